The third-order valence-corrected chi connectivity index (χ3v) is 4.91. The average Bonchev–Trinajstić information content (AvgIpc) is 3.13. The first-order valence-corrected chi connectivity index (χ1v) is 9.37. The molecule has 7 nitrogen and oxygen atoms in total. The van der Waals surface area contributed by atoms with E-state index >= 15 is 0 Å². The number of nitrogens with one attached hydrogen (secondary N) is 2. The molecule has 2 heterocycles. The number of ether oxygens (including phenoxy) is 3. The van der Waals surface area contributed by atoms with E-state index < -0.39 is 0 Å². The number of nitrogens with zero attached hydrogens (tertiary/aromatic N) is 2. The monoisotopic (exact) mass is 362 g/mol. The van der Waals surface area contributed by atoms with Crippen LogP contribution in [0.5, 0.6) is 11.5 Å². The summed E-state index contributed by atoms with van der Waals surface area (Å²) in [6.07, 6.45) is 2.75. The van der Waals surface area contributed by atoms with Crippen molar-refractivity contribution >= 4 is 11.6 Å². The highest BCUT2D eigenvalue weighted by molar-refractivity contribution is 5.93. The van der Waals surface area contributed by atoms with E-state index in [-0.39, 0.29) is 6.10 Å². The minimum atomic E-state index is 0.192. The Bertz CT molecular complexity index is 623. The summed E-state index contributed by atoms with van der Waals surface area (Å²) in [6, 6.07) is 6.37. The quantitative estimate of drug-likeness (QED) is 0.596. The molecule has 1 aromatic carbocycles. The van der Waals surface area contributed by atoms with Crippen molar-refractivity contribution in [3.63, 3.8) is 0 Å². The smallest absolute Gasteiger partial charge is 0.195 e. The van der Waals surface area contributed by atoms with Crippen molar-refractivity contribution in [1.29, 1.82) is 0 Å². The summed E-state index contributed by atoms with van der Waals surface area (Å²) in [5, 5.41) is 6.66. The Hall–Kier alpha value is -1.99. The summed E-state index contributed by atoms with van der Waals surface area (Å²) >= 11 is 0. The lowest BCUT2D eigenvalue weighted by atomic mass is 10.2. The summed E-state index contributed by atoms with van der Waals surface area (Å²) < 4.78 is 16.9. The Balaban J connectivity index is 1.54. The van der Waals surface area contributed by atoms with E-state index in [1.165, 1.54) is 19.4 Å². The van der Waals surface area contributed by atoms with Gasteiger partial charge in [0.05, 0.1) is 26.4 Å². The second-order valence-corrected chi connectivity index (χ2v) is 6.62. The van der Waals surface area contributed by atoms with Gasteiger partial charge in [-0.3, -0.25) is 9.89 Å². The normalized spacial score (nSPS) is 23.4. The van der Waals surface area contributed by atoms with E-state index in [4.69, 9.17) is 14.2 Å². The number of aliphatic imine (C=N–C) groups is 1. The first-order valence-electron chi connectivity index (χ1n) is 9.37. The summed E-state index contributed by atoms with van der Waals surface area (Å²) in [7, 11) is 3.40. The molecule has 2 aliphatic heterocycles. The summed E-state index contributed by atoms with van der Waals surface area (Å²) in [6.45, 7) is 6.31. The van der Waals surface area contributed by atoms with Crippen LogP contribution in [0.2, 0.25) is 0 Å². The fraction of sp³-hybridized carbons (Fsp3) is 0.632. The first-order chi connectivity index (χ1) is 12.7. The second-order valence-electron chi connectivity index (χ2n) is 6.62. The third kappa shape index (κ3) is 4.59. The number of rotatable bonds is 6. The topological polar surface area (TPSA) is 67.4 Å². The Morgan fingerprint density at radius 1 is 1.38 bits per heavy atom. The average molecular weight is 362 g/mol. The molecule has 0 aromatic heterocycles. The molecular formula is C19H30N4O3. The molecule has 2 atom stereocenters. The van der Waals surface area contributed by atoms with E-state index in [0.717, 1.165) is 31.1 Å². The predicted octanol–water partition coefficient (Wildman–Crippen LogP) is 1.94. The number of guanidine groups is 1. The lowest BCUT2D eigenvalue weighted by Gasteiger charge is -2.35. The highest BCUT2D eigenvalue weighted by atomic mass is 16.5. The molecule has 0 amide bonds. The van der Waals surface area contributed by atoms with Crippen LogP contribution in [0.25, 0.3) is 0 Å². The van der Waals surface area contributed by atoms with Crippen LogP contribution in [0, 0.1) is 0 Å². The highest BCUT2D eigenvalue weighted by Crippen LogP contribution is 2.30. The van der Waals surface area contributed by atoms with Crippen molar-refractivity contribution in [1.82, 2.24) is 10.2 Å². The van der Waals surface area contributed by atoms with Gasteiger partial charge in [-0.2, -0.15) is 0 Å². The zero-order valence-electron chi connectivity index (χ0n) is 16.0. The number of hydrogen-bond acceptors (Lipinski definition) is 5. The Morgan fingerprint density at radius 2 is 2.27 bits per heavy atom. The van der Waals surface area contributed by atoms with Gasteiger partial charge < -0.3 is 24.8 Å². The van der Waals surface area contributed by atoms with Crippen LogP contribution >= 0.6 is 0 Å². The van der Waals surface area contributed by atoms with Gasteiger partial charge in [0.25, 0.3) is 0 Å². The van der Waals surface area contributed by atoms with Crippen molar-refractivity contribution in [2.45, 2.75) is 31.9 Å². The number of hydrogen-bond donors (Lipinski definition) is 2. The van der Waals surface area contributed by atoms with E-state index in [0.29, 0.717) is 24.4 Å². The van der Waals surface area contributed by atoms with Crippen molar-refractivity contribution in [2.24, 2.45) is 4.99 Å². The molecule has 1 aromatic rings. The Labute approximate surface area is 155 Å². The minimum Gasteiger partial charge on any atom is -0.493 e. The Morgan fingerprint density at radius 3 is 3.04 bits per heavy atom. The third-order valence-electron chi connectivity index (χ3n) is 4.91. The van der Waals surface area contributed by atoms with Crippen molar-refractivity contribution in [3.05, 3.63) is 18.2 Å². The zero-order valence-corrected chi connectivity index (χ0v) is 16.0. The molecule has 0 radical (unpaired) electrons. The van der Waals surface area contributed by atoms with Crippen LogP contribution in [0.4, 0.5) is 5.69 Å². The molecule has 0 spiro atoms. The molecule has 2 fully saturated rings. The van der Waals surface area contributed by atoms with Crippen LogP contribution in [-0.4, -0.2) is 70.0 Å². The van der Waals surface area contributed by atoms with Gasteiger partial charge in [-0.1, -0.05) is 0 Å². The van der Waals surface area contributed by atoms with Gasteiger partial charge >= 0.3 is 0 Å². The van der Waals surface area contributed by atoms with E-state index in [9.17, 15) is 0 Å². The fourth-order valence-electron chi connectivity index (χ4n) is 3.56. The van der Waals surface area contributed by atoms with Gasteiger partial charge in [-0.15, -0.1) is 0 Å². The molecule has 2 unspecified atom stereocenters. The Kier molecular flexibility index (Phi) is 6.57. The maximum absolute atomic E-state index is 5.99. The summed E-state index contributed by atoms with van der Waals surface area (Å²) in [5.41, 5.74) is 0.895. The maximum atomic E-state index is 5.99. The van der Waals surface area contributed by atoms with Gasteiger partial charge in [-0.25, -0.2) is 0 Å². The molecule has 0 saturated carbocycles. The molecule has 0 aliphatic carbocycles. The van der Waals surface area contributed by atoms with Crippen LogP contribution < -0.4 is 20.1 Å². The van der Waals surface area contributed by atoms with Crippen molar-refractivity contribution < 1.29 is 14.2 Å². The predicted molar refractivity (Wildman–Crippen MR) is 103 cm³/mol. The maximum Gasteiger partial charge on any atom is 0.195 e. The molecule has 3 rings (SSSR count). The molecule has 2 saturated heterocycles. The minimum absolute atomic E-state index is 0.192. The van der Waals surface area contributed by atoms with Gasteiger partial charge in [0, 0.05) is 37.9 Å². The first kappa shape index (κ1) is 18.8. The number of morpholine rings is 1. The van der Waals surface area contributed by atoms with Crippen molar-refractivity contribution in [2.75, 3.05) is 52.3 Å². The van der Waals surface area contributed by atoms with Gasteiger partial charge in [-0.05, 0) is 38.4 Å². The molecule has 26 heavy (non-hydrogen) atoms. The SMILES string of the molecule is CCOc1cc(NC(=NC)NCC2CN3CCCC3CO2)ccc1OC. The van der Waals surface area contributed by atoms with Gasteiger partial charge in [0.15, 0.2) is 17.5 Å². The zero-order chi connectivity index (χ0) is 18.4. The lowest BCUT2D eigenvalue weighted by molar-refractivity contribution is -0.0452. The van der Waals surface area contributed by atoms with E-state index in [1.54, 1.807) is 14.2 Å². The number of benzene rings is 1. The van der Waals surface area contributed by atoms with Gasteiger partial charge in [0.1, 0.15) is 0 Å². The number of anilines is 1. The molecule has 7 heteroatoms. The lowest BCUT2D eigenvalue weighted by Crippen LogP contribution is -2.50. The molecule has 0 bridgehead atoms. The van der Waals surface area contributed by atoms with Crippen LogP contribution in [0.1, 0.15) is 19.8 Å². The van der Waals surface area contributed by atoms with Crippen LogP contribution in [0.15, 0.2) is 23.2 Å². The van der Waals surface area contributed by atoms with Gasteiger partial charge in [0.2, 0.25) is 0 Å². The van der Waals surface area contributed by atoms with E-state index in [1.807, 2.05) is 25.1 Å². The molecular weight excluding hydrogens is 332 g/mol. The number of fused-ring (bicyclic) bond motifs is 1. The summed E-state index contributed by atoms with van der Waals surface area (Å²) in [4.78, 5) is 6.85. The second kappa shape index (κ2) is 9.09. The fourth-order valence-corrected chi connectivity index (χ4v) is 3.56. The summed E-state index contributed by atoms with van der Waals surface area (Å²) in [5.74, 6) is 2.15. The van der Waals surface area contributed by atoms with Crippen LogP contribution in [0.3, 0.4) is 0 Å². The van der Waals surface area contributed by atoms with Crippen molar-refractivity contribution in [3.8, 4) is 11.5 Å². The molecule has 2 N–H and O–H groups in total. The van der Waals surface area contributed by atoms with Crippen LogP contribution in [-0.2, 0) is 4.74 Å². The number of methoxy groups -OCH3 is 1. The highest BCUT2D eigenvalue weighted by Gasteiger charge is 2.32. The molecule has 2 aliphatic rings. The van der Waals surface area contributed by atoms with E-state index in [2.05, 4.69) is 20.5 Å². The largest absolute Gasteiger partial charge is 0.493 e. The molecule has 144 valence electrons. The standard InChI is InChI=1S/C19H30N4O3/c1-4-25-18-10-14(7-8-17(18)24-3)22-19(20-2)21-11-16-12-23-9-5-6-15(23)13-26-16/h7-8,10,15-16H,4-6,9,11-13H2,1-3H3,(H2,20,21,22).